The Bertz CT molecular complexity index is 617. The summed E-state index contributed by atoms with van der Waals surface area (Å²) in [4.78, 5) is 18.9. The minimum absolute atomic E-state index is 0.102. The molecule has 2 heterocycles. The van der Waals surface area contributed by atoms with Crippen LogP contribution in [0.3, 0.4) is 0 Å². The molecule has 5 heteroatoms. The number of amides is 1. The lowest BCUT2D eigenvalue weighted by molar-refractivity contribution is -0.110. The first-order chi connectivity index (χ1) is 8.24. The van der Waals surface area contributed by atoms with Gasteiger partial charge in [-0.05, 0) is 24.3 Å². The summed E-state index contributed by atoms with van der Waals surface area (Å²) < 4.78 is 0.943. The van der Waals surface area contributed by atoms with Gasteiger partial charge in [-0.25, -0.2) is 4.98 Å². The summed E-state index contributed by atoms with van der Waals surface area (Å²) in [5.41, 5.74) is 2.34. The van der Waals surface area contributed by atoms with E-state index in [4.69, 9.17) is 0 Å². The molecule has 17 heavy (non-hydrogen) atoms. The van der Waals surface area contributed by atoms with Crippen LogP contribution in [-0.4, -0.2) is 15.9 Å². The van der Waals surface area contributed by atoms with Crippen molar-refractivity contribution in [3.05, 3.63) is 46.5 Å². The molecule has 0 aliphatic carbocycles. The van der Waals surface area contributed by atoms with E-state index in [1.807, 2.05) is 18.2 Å². The van der Waals surface area contributed by atoms with Crippen molar-refractivity contribution < 1.29 is 4.79 Å². The predicted molar refractivity (Wildman–Crippen MR) is 69.2 cm³/mol. The first-order valence-electron chi connectivity index (χ1n) is 5.06. The lowest BCUT2D eigenvalue weighted by Crippen LogP contribution is -2.03. The number of anilines is 1. The summed E-state index contributed by atoms with van der Waals surface area (Å²) in [5.74, 6) is 0.567. The molecule has 1 aliphatic rings. The Morgan fingerprint density at radius 3 is 3.00 bits per heavy atom. The second-order valence-electron chi connectivity index (χ2n) is 3.68. The van der Waals surface area contributed by atoms with Crippen LogP contribution in [0.15, 0.2) is 35.1 Å². The van der Waals surface area contributed by atoms with Crippen molar-refractivity contribution >= 4 is 39.2 Å². The smallest absolute Gasteiger partial charge is 0.256 e. The lowest BCUT2D eigenvalue weighted by Gasteiger charge is -1.98. The molecule has 1 aromatic heterocycles. The fraction of sp³-hybridized carbons (Fsp3) is 0. The molecule has 3 rings (SSSR count). The normalized spacial score (nSPS) is 16.1. The Morgan fingerprint density at radius 2 is 2.24 bits per heavy atom. The van der Waals surface area contributed by atoms with Gasteiger partial charge in [-0.1, -0.05) is 15.9 Å². The van der Waals surface area contributed by atoms with Crippen molar-refractivity contribution in [3.8, 4) is 0 Å². The number of hydrogen-bond donors (Lipinski definition) is 2. The quantitative estimate of drug-likeness (QED) is 0.793. The summed E-state index contributed by atoms with van der Waals surface area (Å²) >= 11 is 3.40. The van der Waals surface area contributed by atoms with Gasteiger partial charge in [0.1, 0.15) is 5.82 Å². The average Bonchev–Trinajstić information content (AvgIpc) is 2.90. The van der Waals surface area contributed by atoms with Crippen LogP contribution in [0.1, 0.15) is 11.4 Å². The Balaban J connectivity index is 2.13. The Labute approximate surface area is 106 Å². The van der Waals surface area contributed by atoms with Gasteiger partial charge in [-0.15, -0.1) is 0 Å². The average molecular weight is 290 g/mol. The van der Waals surface area contributed by atoms with E-state index in [1.165, 1.54) is 0 Å². The maximum absolute atomic E-state index is 11.8. The fourth-order valence-corrected chi connectivity index (χ4v) is 2.16. The van der Waals surface area contributed by atoms with Crippen LogP contribution in [0.2, 0.25) is 0 Å². The van der Waals surface area contributed by atoms with Crippen LogP contribution < -0.4 is 5.32 Å². The first kappa shape index (κ1) is 10.3. The first-order valence-corrected chi connectivity index (χ1v) is 5.86. The summed E-state index contributed by atoms with van der Waals surface area (Å²) in [7, 11) is 0. The number of benzene rings is 1. The van der Waals surface area contributed by atoms with Gasteiger partial charge in [0, 0.05) is 28.1 Å². The third-order valence-electron chi connectivity index (χ3n) is 2.57. The molecule has 2 aromatic rings. The van der Waals surface area contributed by atoms with E-state index in [1.54, 1.807) is 18.5 Å². The van der Waals surface area contributed by atoms with E-state index in [9.17, 15) is 4.79 Å². The second-order valence-corrected chi connectivity index (χ2v) is 4.59. The fourth-order valence-electron chi connectivity index (χ4n) is 1.80. The molecule has 1 aromatic carbocycles. The number of carbonyl (C=O) groups is 1. The van der Waals surface area contributed by atoms with Gasteiger partial charge in [-0.3, -0.25) is 4.79 Å². The van der Waals surface area contributed by atoms with Gasteiger partial charge < -0.3 is 10.3 Å². The molecule has 0 fully saturated rings. The van der Waals surface area contributed by atoms with E-state index in [-0.39, 0.29) is 5.91 Å². The third kappa shape index (κ3) is 1.78. The van der Waals surface area contributed by atoms with Gasteiger partial charge in [0.15, 0.2) is 0 Å². The number of aromatic amines is 1. The lowest BCUT2D eigenvalue weighted by atomic mass is 10.1. The van der Waals surface area contributed by atoms with Crippen molar-refractivity contribution in [1.29, 1.82) is 0 Å². The van der Waals surface area contributed by atoms with Crippen molar-refractivity contribution in [1.82, 2.24) is 9.97 Å². The molecular weight excluding hydrogens is 282 g/mol. The van der Waals surface area contributed by atoms with Crippen molar-refractivity contribution in [2.45, 2.75) is 0 Å². The number of carbonyl (C=O) groups excluding carboxylic acids is 1. The zero-order valence-electron chi connectivity index (χ0n) is 8.70. The molecule has 0 saturated heterocycles. The van der Waals surface area contributed by atoms with E-state index in [0.29, 0.717) is 11.4 Å². The van der Waals surface area contributed by atoms with Crippen LogP contribution in [0, 0.1) is 0 Å². The zero-order chi connectivity index (χ0) is 11.8. The van der Waals surface area contributed by atoms with Crippen LogP contribution in [0.5, 0.6) is 0 Å². The molecule has 2 N–H and O–H groups in total. The van der Waals surface area contributed by atoms with Crippen molar-refractivity contribution in [2.75, 3.05) is 5.32 Å². The largest absolute Gasteiger partial charge is 0.345 e. The second kappa shape index (κ2) is 3.85. The maximum atomic E-state index is 11.8. The van der Waals surface area contributed by atoms with Gasteiger partial charge in [0.05, 0.1) is 5.57 Å². The number of fused-ring (bicyclic) bond motifs is 1. The number of nitrogens with zero attached hydrogens (tertiary/aromatic N) is 1. The summed E-state index contributed by atoms with van der Waals surface area (Å²) in [6.45, 7) is 0. The van der Waals surface area contributed by atoms with Crippen molar-refractivity contribution in [3.63, 3.8) is 0 Å². The highest BCUT2D eigenvalue weighted by Crippen LogP contribution is 2.34. The topological polar surface area (TPSA) is 57.8 Å². The molecule has 0 atom stereocenters. The molecule has 0 bridgehead atoms. The maximum Gasteiger partial charge on any atom is 0.256 e. The Kier molecular flexibility index (Phi) is 2.33. The van der Waals surface area contributed by atoms with E-state index >= 15 is 0 Å². The molecule has 0 saturated carbocycles. The number of rotatable bonds is 1. The van der Waals surface area contributed by atoms with Crippen LogP contribution in [0.25, 0.3) is 11.6 Å². The molecule has 1 aliphatic heterocycles. The summed E-state index contributed by atoms with van der Waals surface area (Å²) in [6.07, 6.45) is 5.12. The zero-order valence-corrected chi connectivity index (χ0v) is 10.3. The molecule has 1 amide bonds. The number of nitrogens with one attached hydrogen (secondary N) is 2. The molecule has 84 valence electrons. The van der Waals surface area contributed by atoms with Crippen molar-refractivity contribution in [2.24, 2.45) is 0 Å². The van der Waals surface area contributed by atoms with Gasteiger partial charge in [-0.2, -0.15) is 0 Å². The number of imidazole rings is 1. The minimum atomic E-state index is -0.102. The minimum Gasteiger partial charge on any atom is -0.345 e. The molecular formula is C12H8BrN3O. The SMILES string of the molecule is O=C1Nc2ccc(Br)cc2C1=Cc1ncc[nH]1. The van der Waals surface area contributed by atoms with E-state index < -0.39 is 0 Å². The predicted octanol–water partition coefficient (Wildman–Crippen LogP) is 2.66. The Morgan fingerprint density at radius 1 is 1.35 bits per heavy atom. The van der Waals surface area contributed by atoms with Crippen LogP contribution >= 0.6 is 15.9 Å². The monoisotopic (exact) mass is 289 g/mol. The highest BCUT2D eigenvalue weighted by Gasteiger charge is 2.24. The number of H-pyrrole nitrogens is 1. The third-order valence-corrected chi connectivity index (χ3v) is 3.06. The van der Waals surface area contributed by atoms with Crippen LogP contribution in [-0.2, 0) is 4.79 Å². The number of hydrogen-bond acceptors (Lipinski definition) is 2. The number of halogens is 1. The van der Waals surface area contributed by atoms with E-state index in [0.717, 1.165) is 15.7 Å². The molecule has 0 radical (unpaired) electrons. The highest BCUT2D eigenvalue weighted by atomic mass is 79.9. The highest BCUT2D eigenvalue weighted by molar-refractivity contribution is 9.10. The van der Waals surface area contributed by atoms with Gasteiger partial charge >= 0.3 is 0 Å². The molecule has 0 unspecified atom stereocenters. The van der Waals surface area contributed by atoms with Gasteiger partial charge in [0.25, 0.3) is 5.91 Å². The number of aromatic nitrogens is 2. The molecule has 4 nitrogen and oxygen atoms in total. The van der Waals surface area contributed by atoms with E-state index in [2.05, 4.69) is 31.2 Å². The standard InChI is InChI=1S/C12H8BrN3O/c13-7-1-2-10-8(5-7)9(12(17)16-10)6-11-14-3-4-15-11/h1-6H,(H,14,15)(H,16,17). The Hall–Kier alpha value is -1.88. The summed E-state index contributed by atoms with van der Waals surface area (Å²) in [6, 6.07) is 5.69. The molecule has 0 spiro atoms. The van der Waals surface area contributed by atoms with Crippen LogP contribution in [0.4, 0.5) is 5.69 Å². The summed E-state index contributed by atoms with van der Waals surface area (Å²) in [5, 5.41) is 2.82. The van der Waals surface area contributed by atoms with Gasteiger partial charge in [0.2, 0.25) is 0 Å².